The summed E-state index contributed by atoms with van der Waals surface area (Å²) in [5, 5.41) is 3.16. The van der Waals surface area contributed by atoms with E-state index in [1.165, 1.54) is 0 Å². The minimum Gasteiger partial charge on any atom is -0.455 e. The molecule has 0 bridgehead atoms. The standard InChI is InChI=1S/C20H19ClN2O4/c1-13-7-8-15(21)10-17(13)22-18(24)12-27-20(26)14-9-19(25)23(11-14)16-5-3-2-4-6-16/h2-8,10,14H,9,11-12H2,1H3,(H,22,24)/t14-/m1/s1. The van der Waals surface area contributed by atoms with Crippen LogP contribution in [0.25, 0.3) is 0 Å². The fourth-order valence-corrected chi connectivity index (χ4v) is 3.06. The maximum Gasteiger partial charge on any atom is 0.311 e. The number of aryl methyl sites for hydroxylation is 1. The van der Waals surface area contributed by atoms with Crippen LogP contribution in [0.5, 0.6) is 0 Å². The largest absolute Gasteiger partial charge is 0.455 e. The predicted octanol–water partition coefficient (Wildman–Crippen LogP) is 3.18. The van der Waals surface area contributed by atoms with Crippen molar-refractivity contribution in [3.8, 4) is 0 Å². The van der Waals surface area contributed by atoms with Crippen LogP contribution in [0.15, 0.2) is 48.5 Å². The van der Waals surface area contributed by atoms with Gasteiger partial charge in [-0.15, -0.1) is 0 Å². The Balaban J connectivity index is 1.53. The molecule has 7 heteroatoms. The predicted molar refractivity (Wildman–Crippen MR) is 103 cm³/mol. The second-order valence-corrected chi connectivity index (χ2v) is 6.79. The summed E-state index contributed by atoms with van der Waals surface area (Å²) >= 11 is 5.92. The number of anilines is 2. The lowest BCUT2D eigenvalue weighted by atomic mass is 10.1. The second-order valence-electron chi connectivity index (χ2n) is 6.36. The van der Waals surface area contributed by atoms with Crippen molar-refractivity contribution >= 4 is 40.8 Å². The van der Waals surface area contributed by atoms with Crippen molar-refractivity contribution in [2.75, 3.05) is 23.4 Å². The molecule has 0 saturated carbocycles. The number of nitrogens with one attached hydrogen (secondary N) is 1. The van der Waals surface area contributed by atoms with Crippen molar-refractivity contribution in [1.82, 2.24) is 0 Å². The summed E-state index contributed by atoms with van der Waals surface area (Å²) in [7, 11) is 0. The Morgan fingerprint density at radius 3 is 2.70 bits per heavy atom. The molecule has 1 saturated heterocycles. The van der Waals surface area contributed by atoms with E-state index in [1.807, 2.05) is 37.3 Å². The lowest BCUT2D eigenvalue weighted by Crippen LogP contribution is -2.28. The molecule has 0 aliphatic carbocycles. The normalized spacial score (nSPS) is 16.3. The number of hydrogen-bond acceptors (Lipinski definition) is 4. The highest BCUT2D eigenvalue weighted by Gasteiger charge is 2.36. The number of ether oxygens (including phenoxy) is 1. The molecule has 3 rings (SSSR count). The van der Waals surface area contributed by atoms with Gasteiger partial charge in [0.2, 0.25) is 5.91 Å². The van der Waals surface area contributed by atoms with Crippen molar-refractivity contribution in [2.45, 2.75) is 13.3 Å². The molecule has 27 heavy (non-hydrogen) atoms. The molecule has 1 aliphatic rings. The van der Waals surface area contributed by atoms with Gasteiger partial charge in [0.15, 0.2) is 6.61 Å². The van der Waals surface area contributed by atoms with Gasteiger partial charge in [-0.05, 0) is 36.8 Å². The van der Waals surface area contributed by atoms with Crippen LogP contribution in [0.2, 0.25) is 5.02 Å². The lowest BCUT2D eigenvalue weighted by Gasteiger charge is -2.16. The molecule has 1 heterocycles. The Morgan fingerprint density at radius 1 is 1.22 bits per heavy atom. The van der Waals surface area contributed by atoms with Crippen molar-refractivity contribution in [1.29, 1.82) is 0 Å². The van der Waals surface area contributed by atoms with E-state index in [4.69, 9.17) is 16.3 Å². The Bertz CT molecular complexity index is 870. The number of benzene rings is 2. The lowest BCUT2D eigenvalue weighted by molar-refractivity contribution is -0.151. The zero-order chi connectivity index (χ0) is 19.4. The highest BCUT2D eigenvalue weighted by Crippen LogP contribution is 2.25. The average molecular weight is 387 g/mol. The fraction of sp³-hybridized carbons (Fsp3) is 0.250. The third kappa shape index (κ3) is 4.65. The Morgan fingerprint density at radius 2 is 1.96 bits per heavy atom. The van der Waals surface area contributed by atoms with Crippen LogP contribution in [0.3, 0.4) is 0 Å². The number of rotatable bonds is 5. The zero-order valence-electron chi connectivity index (χ0n) is 14.8. The molecular weight excluding hydrogens is 368 g/mol. The molecule has 1 N–H and O–H groups in total. The third-order valence-corrected chi connectivity index (χ3v) is 4.58. The number of carbonyl (C=O) groups excluding carboxylic acids is 3. The van der Waals surface area contributed by atoms with Crippen molar-refractivity contribution in [3.05, 3.63) is 59.1 Å². The van der Waals surface area contributed by atoms with Gasteiger partial charge < -0.3 is 15.0 Å². The molecule has 2 amide bonds. The molecular formula is C20H19ClN2O4. The van der Waals surface area contributed by atoms with Gasteiger partial charge in [-0.25, -0.2) is 0 Å². The molecule has 1 aliphatic heterocycles. The van der Waals surface area contributed by atoms with Crippen molar-refractivity contribution in [2.24, 2.45) is 5.92 Å². The number of halogens is 1. The molecule has 0 radical (unpaired) electrons. The van der Waals surface area contributed by atoms with E-state index in [2.05, 4.69) is 5.32 Å². The number of esters is 1. The van der Waals surface area contributed by atoms with Crippen LogP contribution in [0.4, 0.5) is 11.4 Å². The van der Waals surface area contributed by atoms with Gasteiger partial charge in [-0.2, -0.15) is 0 Å². The quantitative estimate of drug-likeness (QED) is 0.801. The van der Waals surface area contributed by atoms with Gasteiger partial charge in [-0.3, -0.25) is 14.4 Å². The van der Waals surface area contributed by atoms with Crippen LogP contribution in [0.1, 0.15) is 12.0 Å². The second kappa shape index (κ2) is 8.22. The Labute approximate surface area is 162 Å². The first-order valence-electron chi connectivity index (χ1n) is 8.52. The fourth-order valence-electron chi connectivity index (χ4n) is 2.89. The summed E-state index contributed by atoms with van der Waals surface area (Å²) in [5.74, 6) is -1.74. The summed E-state index contributed by atoms with van der Waals surface area (Å²) < 4.78 is 5.10. The average Bonchev–Trinajstić information content (AvgIpc) is 3.05. The van der Waals surface area contributed by atoms with E-state index in [0.717, 1.165) is 11.3 Å². The summed E-state index contributed by atoms with van der Waals surface area (Å²) in [4.78, 5) is 38.0. The number of carbonyl (C=O) groups is 3. The van der Waals surface area contributed by atoms with Crippen molar-refractivity contribution < 1.29 is 19.1 Å². The first-order chi connectivity index (χ1) is 12.9. The molecule has 6 nitrogen and oxygen atoms in total. The summed E-state index contributed by atoms with van der Waals surface area (Å²) in [6.07, 6.45) is 0.0722. The van der Waals surface area contributed by atoms with Gasteiger partial charge in [0.1, 0.15) is 0 Å². The van der Waals surface area contributed by atoms with E-state index in [1.54, 1.807) is 23.1 Å². The Hall–Kier alpha value is -2.86. The number of nitrogens with zero attached hydrogens (tertiary/aromatic N) is 1. The van der Waals surface area contributed by atoms with Gasteiger partial charge >= 0.3 is 5.97 Å². The minimum absolute atomic E-state index is 0.0722. The summed E-state index contributed by atoms with van der Waals surface area (Å²) in [6.45, 7) is 1.66. The molecule has 0 aromatic heterocycles. The molecule has 2 aromatic rings. The van der Waals surface area contributed by atoms with Gasteiger partial charge in [-0.1, -0.05) is 35.9 Å². The van der Waals surface area contributed by atoms with Crippen LogP contribution >= 0.6 is 11.6 Å². The highest BCUT2D eigenvalue weighted by molar-refractivity contribution is 6.31. The van der Waals surface area contributed by atoms with Crippen LogP contribution in [-0.2, 0) is 19.1 Å². The molecule has 1 fully saturated rings. The number of hydrogen-bond donors (Lipinski definition) is 1. The monoisotopic (exact) mass is 386 g/mol. The van der Waals surface area contributed by atoms with Crippen LogP contribution < -0.4 is 10.2 Å². The molecule has 0 unspecified atom stereocenters. The highest BCUT2D eigenvalue weighted by atomic mass is 35.5. The number of amides is 2. The van der Waals surface area contributed by atoms with Gasteiger partial charge in [0, 0.05) is 29.4 Å². The molecule has 0 spiro atoms. The van der Waals surface area contributed by atoms with E-state index >= 15 is 0 Å². The molecule has 140 valence electrons. The topological polar surface area (TPSA) is 75.7 Å². The van der Waals surface area contributed by atoms with Crippen molar-refractivity contribution in [3.63, 3.8) is 0 Å². The maximum atomic E-state index is 12.2. The van der Waals surface area contributed by atoms with E-state index in [9.17, 15) is 14.4 Å². The third-order valence-electron chi connectivity index (χ3n) is 4.35. The first-order valence-corrected chi connectivity index (χ1v) is 8.90. The molecule has 2 aromatic carbocycles. The van der Waals surface area contributed by atoms with Crippen LogP contribution in [0, 0.1) is 12.8 Å². The first kappa shape index (κ1) is 18.9. The SMILES string of the molecule is Cc1ccc(Cl)cc1NC(=O)COC(=O)[C@@H]1CC(=O)N(c2ccccc2)C1. The van der Waals surface area contributed by atoms with Gasteiger partial charge in [0.25, 0.3) is 5.91 Å². The molecule has 1 atom stereocenters. The zero-order valence-corrected chi connectivity index (χ0v) is 15.5. The number of para-hydroxylation sites is 1. The van der Waals surface area contributed by atoms with Gasteiger partial charge in [0.05, 0.1) is 5.92 Å². The van der Waals surface area contributed by atoms with E-state index < -0.39 is 24.4 Å². The van der Waals surface area contributed by atoms with E-state index in [-0.39, 0.29) is 18.9 Å². The summed E-state index contributed by atoms with van der Waals surface area (Å²) in [6, 6.07) is 14.3. The summed E-state index contributed by atoms with van der Waals surface area (Å²) in [5.41, 5.74) is 2.15. The van der Waals surface area contributed by atoms with Crippen LogP contribution in [-0.4, -0.2) is 30.9 Å². The minimum atomic E-state index is -0.585. The Kier molecular flexibility index (Phi) is 5.76. The maximum absolute atomic E-state index is 12.2. The smallest absolute Gasteiger partial charge is 0.311 e. The van der Waals surface area contributed by atoms with E-state index in [0.29, 0.717) is 10.7 Å².